The van der Waals surface area contributed by atoms with Crippen molar-refractivity contribution in [2.75, 3.05) is 63.8 Å². The van der Waals surface area contributed by atoms with Crippen LogP contribution in [0.4, 0.5) is 5.69 Å². The van der Waals surface area contributed by atoms with Crippen LogP contribution in [0.5, 0.6) is 11.5 Å². The number of aromatic amines is 1. The number of nitrogens with one attached hydrogen (secondary N) is 2. The number of aromatic nitrogens is 5. The Morgan fingerprint density at radius 1 is 0.930 bits per heavy atom. The second-order valence-corrected chi connectivity index (χ2v) is 15.9. The Morgan fingerprint density at radius 3 is 2.32 bits per heavy atom. The van der Waals surface area contributed by atoms with Crippen molar-refractivity contribution in [3.05, 3.63) is 82.8 Å². The minimum absolute atomic E-state index is 0.0653. The molecule has 0 spiro atoms. The van der Waals surface area contributed by atoms with Crippen LogP contribution in [0.2, 0.25) is 5.02 Å². The molecule has 4 amide bonds. The highest BCUT2D eigenvalue weighted by atomic mass is 35.5. The second kappa shape index (κ2) is 14.9. The summed E-state index contributed by atoms with van der Waals surface area (Å²) in [6.45, 7) is 7.87. The summed E-state index contributed by atoms with van der Waals surface area (Å²) < 4.78 is 7.93. The van der Waals surface area contributed by atoms with Crippen LogP contribution in [-0.2, 0) is 21.4 Å². The summed E-state index contributed by atoms with van der Waals surface area (Å²) in [5, 5.41) is 7.17. The molecular formula is C41H43ClN10O5. The number of carbonyl (C=O) groups excluding carboxylic acids is 4. The molecule has 5 aromatic rings. The summed E-state index contributed by atoms with van der Waals surface area (Å²) >= 11 is 6.53. The number of hydrogen-bond acceptors (Lipinski definition) is 10. The van der Waals surface area contributed by atoms with Gasteiger partial charge in [0.25, 0.3) is 5.91 Å². The lowest BCUT2D eigenvalue weighted by atomic mass is 9.90. The smallest absolute Gasteiger partial charge is 0.253 e. The zero-order valence-electron chi connectivity index (χ0n) is 31.8. The average Bonchev–Trinajstić information content (AvgIpc) is 3.99. The van der Waals surface area contributed by atoms with Crippen LogP contribution in [0, 0.1) is 18.8 Å². The van der Waals surface area contributed by atoms with Crippen molar-refractivity contribution in [1.29, 1.82) is 0 Å². The maximum Gasteiger partial charge on any atom is 0.253 e. The summed E-state index contributed by atoms with van der Waals surface area (Å²) in [6, 6.07) is 15.1. The molecule has 16 heteroatoms. The molecule has 4 aliphatic heterocycles. The first-order chi connectivity index (χ1) is 27.6. The third-order valence-corrected chi connectivity index (χ3v) is 12.0. The molecule has 3 atom stereocenters. The topological polar surface area (TPSA) is 162 Å². The van der Waals surface area contributed by atoms with E-state index >= 15 is 0 Å². The molecule has 4 saturated heterocycles. The predicted molar refractivity (Wildman–Crippen MR) is 212 cm³/mol. The van der Waals surface area contributed by atoms with Gasteiger partial charge in [-0.1, -0.05) is 23.7 Å². The van der Waals surface area contributed by atoms with E-state index in [0.717, 1.165) is 48.7 Å². The first kappa shape index (κ1) is 36.8. The Balaban J connectivity index is 0.743. The molecule has 15 nitrogen and oxygen atoms in total. The first-order valence-corrected chi connectivity index (χ1v) is 19.7. The number of pyridine rings is 1. The van der Waals surface area contributed by atoms with E-state index in [0.29, 0.717) is 96.5 Å². The molecule has 4 fully saturated rings. The molecule has 0 aliphatic carbocycles. The number of halogens is 1. The van der Waals surface area contributed by atoms with Crippen LogP contribution in [0.25, 0.3) is 22.6 Å². The number of imidazole rings is 1. The van der Waals surface area contributed by atoms with E-state index < -0.39 is 0 Å². The lowest BCUT2D eigenvalue weighted by Gasteiger charge is -2.35. The van der Waals surface area contributed by atoms with Crippen molar-refractivity contribution in [3.63, 3.8) is 0 Å². The standard InChI is InChI=1S/C41H43ClN10O5/c1-24-32(22-48(2)47-24)38-45-36-37(33(42)17-43-39(36)46-38)57-30-9-5-26(6-10-30)41(56)50-15-13-49(14-16-50)23-35(54)52-20-27-18-51(19-28(27)21-52)29-7-3-25(4-8-29)31-11-12-34(53)44-40(31)55/h3-10,17,22,27-28,31H,11-16,18-21,23H2,1-2H3,(H,43,45,46)(H,44,53,55)/t27?,28?,31-/m0/s1. The van der Waals surface area contributed by atoms with E-state index in [4.69, 9.17) is 16.3 Å². The third-order valence-electron chi connectivity index (χ3n) is 11.8. The summed E-state index contributed by atoms with van der Waals surface area (Å²) in [5.74, 6) is 1.71. The zero-order valence-corrected chi connectivity index (χ0v) is 32.5. The average molecular weight is 791 g/mol. The van der Waals surface area contributed by atoms with E-state index in [1.165, 1.54) is 6.20 Å². The van der Waals surface area contributed by atoms with E-state index in [1.807, 2.05) is 42.1 Å². The van der Waals surface area contributed by atoms with Crippen molar-refractivity contribution in [2.24, 2.45) is 18.9 Å². The molecule has 294 valence electrons. The third kappa shape index (κ3) is 7.32. The molecule has 7 heterocycles. The zero-order chi connectivity index (χ0) is 39.4. The van der Waals surface area contributed by atoms with Gasteiger partial charge in [-0.2, -0.15) is 5.10 Å². The van der Waals surface area contributed by atoms with Gasteiger partial charge >= 0.3 is 0 Å². The van der Waals surface area contributed by atoms with Gasteiger partial charge in [-0.25, -0.2) is 9.97 Å². The van der Waals surface area contributed by atoms with Gasteiger partial charge in [0, 0.05) is 95.1 Å². The monoisotopic (exact) mass is 790 g/mol. The van der Waals surface area contributed by atoms with E-state index in [1.54, 1.807) is 28.9 Å². The van der Waals surface area contributed by atoms with Crippen molar-refractivity contribution in [2.45, 2.75) is 25.7 Å². The highest BCUT2D eigenvalue weighted by Gasteiger charge is 2.42. The highest BCUT2D eigenvalue weighted by molar-refractivity contribution is 6.32. The molecule has 0 saturated carbocycles. The Labute approximate surface area is 333 Å². The van der Waals surface area contributed by atoms with Crippen molar-refractivity contribution in [3.8, 4) is 22.9 Å². The number of anilines is 1. The first-order valence-electron chi connectivity index (χ1n) is 19.4. The maximum absolute atomic E-state index is 13.5. The fourth-order valence-corrected chi connectivity index (χ4v) is 8.86. The Hall–Kier alpha value is -5.80. The Morgan fingerprint density at radius 2 is 1.65 bits per heavy atom. The number of piperidine rings is 1. The quantitative estimate of drug-likeness (QED) is 0.220. The predicted octanol–water partition coefficient (Wildman–Crippen LogP) is 3.99. The molecule has 2 aromatic carbocycles. The maximum atomic E-state index is 13.5. The van der Waals surface area contributed by atoms with Crippen LogP contribution in [-0.4, -0.2) is 122 Å². The highest BCUT2D eigenvalue weighted by Crippen LogP contribution is 2.37. The summed E-state index contributed by atoms with van der Waals surface area (Å²) in [4.78, 5) is 71.3. The SMILES string of the molecule is Cc1nn(C)cc1-c1nc2ncc(Cl)c(Oc3ccc(C(=O)N4CCN(CC(=O)N5CC6CN(c7ccc([C@@H]8CCC(=O)NC8=O)cc7)CC6C5)CC4)cc3)c2[nH]1. The number of hydrogen-bond donors (Lipinski definition) is 2. The molecule has 2 unspecified atom stereocenters. The molecule has 4 aliphatic rings. The molecule has 3 aromatic heterocycles. The van der Waals surface area contributed by atoms with Crippen LogP contribution < -0.4 is 15.0 Å². The number of nitrogens with zero attached hydrogens (tertiary/aromatic N) is 8. The Bertz CT molecular complexity index is 2360. The van der Waals surface area contributed by atoms with E-state index in [2.05, 4.69) is 47.3 Å². The van der Waals surface area contributed by atoms with Crippen molar-refractivity contribution < 1.29 is 23.9 Å². The van der Waals surface area contributed by atoms with Gasteiger partial charge in [0.15, 0.2) is 11.4 Å². The van der Waals surface area contributed by atoms with Gasteiger partial charge in [-0.3, -0.25) is 34.1 Å². The second-order valence-electron chi connectivity index (χ2n) is 15.5. The normalized spacial score (nSPS) is 21.3. The van der Waals surface area contributed by atoms with Gasteiger partial charge in [0.05, 0.1) is 29.9 Å². The largest absolute Gasteiger partial charge is 0.453 e. The number of fused-ring (bicyclic) bond motifs is 2. The summed E-state index contributed by atoms with van der Waals surface area (Å²) in [6.07, 6.45) is 4.29. The molecular weight excluding hydrogens is 748 g/mol. The van der Waals surface area contributed by atoms with Crippen LogP contribution in [0.1, 0.15) is 40.4 Å². The number of H-pyrrole nitrogens is 1. The lowest BCUT2D eigenvalue weighted by molar-refractivity contribution is -0.134. The van der Waals surface area contributed by atoms with E-state index in [-0.39, 0.29) is 29.5 Å². The number of likely N-dealkylation sites (tertiary alicyclic amines) is 1. The number of aryl methyl sites for hydroxylation is 2. The molecule has 2 N–H and O–H groups in total. The van der Waals surface area contributed by atoms with Gasteiger partial charge in [-0.05, 0) is 55.3 Å². The van der Waals surface area contributed by atoms with Gasteiger partial charge in [0.2, 0.25) is 17.7 Å². The number of ether oxygens (including phenoxy) is 1. The van der Waals surface area contributed by atoms with Gasteiger partial charge < -0.3 is 24.4 Å². The minimum atomic E-state index is -0.287. The Kier molecular flexibility index (Phi) is 9.65. The molecule has 0 radical (unpaired) electrons. The lowest BCUT2D eigenvalue weighted by Crippen LogP contribution is -2.51. The van der Waals surface area contributed by atoms with Gasteiger partial charge in [-0.15, -0.1) is 0 Å². The molecule has 9 rings (SSSR count). The number of rotatable bonds is 8. The fourth-order valence-electron chi connectivity index (χ4n) is 8.67. The number of imide groups is 1. The summed E-state index contributed by atoms with van der Waals surface area (Å²) in [7, 11) is 1.85. The van der Waals surface area contributed by atoms with Gasteiger partial charge in [0.1, 0.15) is 22.1 Å². The number of benzene rings is 2. The number of carbonyl (C=O) groups is 4. The number of amides is 4. The molecule has 57 heavy (non-hydrogen) atoms. The fraction of sp³-hybridized carbons (Fsp3) is 0.390. The summed E-state index contributed by atoms with van der Waals surface area (Å²) in [5.41, 5.74) is 5.30. The minimum Gasteiger partial charge on any atom is -0.453 e. The molecule has 0 bridgehead atoms. The van der Waals surface area contributed by atoms with E-state index in [9.17, 15) is 19.2 Å². The van der Waals surface area contributed by atoms with Crippen LogP contribution in [0.3, 0.4) is 0 Å². The van der Waals surface area contributed by atoms with Crippen molar-refractivity contribution >= 4 is 52.1 Å². The van der Waals surface area contributed by atoms with Crippen LogP contribution >= 0.6 is 11.6 Å². The van der Waals surface area contributed by atoms with Crippen LogP contribution in [0.15, 0.2) is 60.9 Å². The number of piperazine rings is 1. The van der Waals surface area contributed by atoms with Crippen molar-refractivity contribution in [1.82, 2.24) is 44.7 Å².